The van der Waals surface area contributed by atoms with Crippen LogP contribution in [0.15, 0.2) is 77.3 Å². The van der Waals surface area contributed by atoms with Gasteiger partial charge < -0.3 is 10.1 Å². The third kappa shape index (κ3) is 7.92. The third-order valence-corrected chi connectivity index (χ3v) is 7.86. The molecule has 1 aromatic heterocycles. The number of rotatable bonds is 12. The number of pyridine rings is 1. The molecule has 1 N–H and O–H groups in total. The van der Waals surface area contributed by atoms with Crippen molar-refractivity contribution in [3.63, 3.8) is 0 Å². The molecule has 0 spiro atoms. The first-order valence-electron chi connectivity index (χ1n) is 13.8. The Kier molecular flexibility index (Phi) is 10.9. The molecule has 0 fully saturated rings. The maximum atomic E-state index is 13.9. The number of fused-ring (bicyclic) bond motifs is 1. The Morgan fingerprint density at radius 1 is 1.05 bits per heavy atom. The summed E-state index contributed by atoms with van der Waals surface area (Å²) in [7, 11) is 0. The van der Waals surface area contributed by atoms with Crippen LogP contribution in [0.4, 0.5) is 4.39 Å². The summed E-state index contributed by atoms with van der Waals surface area (Å²) >= 11 is 10.1. The lowest BCUT2D eigenvalue weighted by molar-refractivity contribution is -0.158. The van der Waals surface area contributed by atoms with Gasteiger partial charge in [0.2, 0.25) is 6.36 Å². The molecule has 4 aromatic rings. The van der Waals surface area contributed by atoms with E-state index in [0.717, 1.165) is 37.8 Å². The van der Waals surface area contributed by atoms with Gasteiger partial charge in [-0.3, -0.25) is 9.59 Å². The van der Waals surface area contributed by atoms with Crippen LogP contribution < -0.4 is 5.32 Å². The third-order valence-electron chi connectivity index (χ3n) is 7.03. The molecule has 1 heterocycles. The molecule has 4 rings (SSSR count). The van der Waals surface area contributed by atoms with Gasteiger partial charge in [0.25, 0.3) is 5.91 Å². The first-order chi connectivity index (χ1) is 19.8. The van der Waals surface area contributed by atoms with Crippen molar-refractivity contribution in [2.24, 2.45) is 0 Å². The van der Waals surface area contributed by atoms with Gasteiger partial charge in [0.15, 0.2) is 0 Å². The second kappa shape index (κ2) is 14.6. The van der Waals surface area contributed by atoms with Gasteiger partial charge in [-0.1, -0.05) is 83.0 Å². The van der Waals surface area contributed by atoms with Crippen LogP contribution in [0, 0.1) is 6.92 Å². The highest BCUT2D eigenvalue weighted by Gasteiger charge is 2.22. The second-order valence-corrected chi connectivity index (χ2v) is 11.3. The van der Waals surface area contributed by atoms with E-state index in [0.29, 0.717) is 36.4 Å². The number of carbonyl (C=O) groups is 2. The number of benzene rings is 3. The number of carbonyl (C=O) groups excluding carboxylic acids is 2. The number of hydrogen-bond acceptors (Lipinski definition) is 4. The van der Waals surface area contributed by atoms with Crippen molar-refractivity contribution in [1.82, 2.24) is 10.3 Å². The zero-order valence-corrected chi connectivity index (χ0v) is 25.5. The predicted molar refractivity (Wildman–Crippen MR) is 166 cm³/mol. The molecule has 1 amide bonds. The predicted octanol–water partition coefficient (Wildman–Crippen LogP) is 8.95. The number of esters is 1. The van der Waals surface area contributed by atoms with Crippen LogP contribution in [-0.2, 0) is 9.53 Å². The van der Waals surface area contributed by atoms with Crippen molar-refractivity contribution in [2.75, 3.05) is 6.54 Å². The standard InChI is InChI=1S/C33H33BrClFN2O3/c1-3-10-29(36)41-30(39)16-9-13-23(25-14-7-8-15-27(25)35)20-37-33(40)31-21(2)32(22-11-5-4-6-12-22)38-28-18-17-24(34)19-26(28)31/h4-8,11-12,14-15,17-19,23,29H,3,9-10,13,16,20H2,1-2H3,(H,37,40). The van der Waals surface area contributed by atoms with Crippen molar-refractivity contribution in [1.29, 1.82) is 0 Å². The minimum Gasteiger partial charge on any atom is -0.431 e. The number of aromatic nitrogens is 1. The van der Waals surface area contributed by atoms with Gasteiger partial charge in [0.1, 0.15) is 0 Å². The van der Waals surface area contributed by atoms with Crippen LogP contribution in [0.1, 0.15) is 66.4 Å². The average Bonchev–Trinajstić information content (AvgIpc) is 2.95. The molecule has 0 aliphatic heterocycles. The van der Waals surface area contributed by atoms with Gasteiger partial charge in [-0.05, 0) is 61.6 Å². The van der Waals surface area contributed by atoms with Crippen molar-refractivity contribution in [3.8, 4) is 11.3 Å². The molecule has 0 saturated heterocycles. The summed E-state index contributed by atoms with van der Waals surface area (Å²) in [6, 6.07) is 23.0. The lowest BCUT2D eigenvalue weighted by atomic mass is 9.92. The van der Waals surface area contributed by atoms with Gasteiger partial charge in [0, 0.05) is 45.7 Å². The van der Waals surface area contributed by atoms with Crippen LogP contribution in [0.25, 0.3) is 22.2 Å². The van der Waals surface area contributed by atoms with E-state index in [1.165, 1.54) is 0 Å². The number of ether oxygens (including phenoxy) is 1. The topological polar surface area (TPSA) is 68.3 Å². The maximum Gasteiger partial charge on any atom is 0.308 e. The Labute approximate surface area is 253 Å². The average molecular weight is 640 g/mol. The number of amides is 1. The normalized spacial score (nSPS) is 12.6. The van der Waals surface area contributed by atoms with Crippen molar-refractivity contribution < 1.29 is 18.7 Å². The number of nitrogens with zero attached hydrogens (tertiary/aromatic N) is 1. The summed E-state index contributed by atoms with van der Waals surface area (Å²) in [5, 5.41) is 4.46. The molecule has 0 saturated carbocycles. The molecule has 214 valence electrons. The van der Waals surface area contributed by atoms with Gasteiger partial charge in [-0.2, -0.15) is 0 Å². The van der Waals surface area contributed by atoms with E-state index in [2.05, 4.69) is 21.2 Å². The maximum absolute atomic E-state index is 13.9. The molecular weight excluding hydrogens is 607 g/mol. The minimum atomic E-state index is -1.58. The highest BCUT2D eigenvalue weighted by Crippen LogP contribution is 2.32. The SMILES string of the molecule is CCCC(F)OC(=O)CCCC(CNC(=O)c1c(C)c(-c2ccccc2)nc2ccc(Br)cc12)c1ccccc1Cl. The van der Waals surface area contributed by atoms with Crippen LogP contribution in [0.3, 0.4) is 0 Å². The Balaban J connectivity index is 1.58. The van der Waals surface area contributed by atoms with Gasteiger partial charge in [0.05, 0.1) is 16.8 Å². The molecule has 3 aromatic carbocycles. The van der Waals surface area contributed by atoms with E-state index >= 15 is 0 Å². The zero-order valence-electron chi connectivity index (χ0n) is 23.1. The van der Waals surface area contributed by atoms with E-state index < -0.39 is 12.3 Å². The fraction of sp³-hybridized carbons (Fsp3) is 0.303. The van der Waals surface area contributed by atoms with E-state index in [-0.39, 0.29) is 24.7 Å². The molecular formula is C33H33BrClFN2O3. The summed E-state index contributed by atoms with van der Waals surface area (Å²) in [6.45, 7) is 4.05. The van der Waals surface area contributed by atoms with Crippen LogP contribution in [-0.4, -0.2) is 29.8 Å². The fourth-order valence-electron chi connectivity index (χ4n) is 4.96. The van der Waals surface area contributed by atoms with Gasteiger partial charge in [-0.25, -0.2) is 9.37 Å². The molecule has 5 nitrogen and oxygen atoms in total. The summed E-state index contributed by atoms with van der Waals surface area (Å²) in [5.41, 5.74) is 4.62. The molecule has 0 aliphatic rings. The second-order valence-electron chi connectivity index (χ2n) is 10.00. The van der Waals surface area contributed by atoms with E-state index in [9.17, 15) is 14.0 Å². The molecule has 2 atom stereocenters. The van der Waals surface area contributed by atoms with Crippen LogP contribution in [0.5, 0.6) is 0 Å². The Morgan fingerprint density at radius 3 is 2.51 bits per heavy atom. The van der Waals surface area contributed by atoms with Crippen molar-refractivity contribution in [2.45, 2.75) is 58.2 Å². The molecule has 8 heteroatoms. The van der Waals surface area contributed by atoms with Crippen molar-refractivity contribution in [3.05, 3.63) is 99.0 Å². The lowest BCUT2D eigenvalue weighted by Gasteiger charge is -2.21. The van der Waals surface area contributed by atoms with Gasteiger partial charge in [-0.15, -0.1) is 0 Å². The number of halogens is 3. The Bertz CT molecular complexity index is 1520. The highest BCUT2D eigenvalue weighted by atomic mass is 79.9. The molecule has 2 unspecified atom stereocenters. The molecule has 0 aliphatic carbocycles. The number of nitrogens with one attached hydrogen (secondary N) is 1. The Hall–Kier alpha value is -3.29. The monoisotopic (exact) mass is 638 g/mol. The van der Waals surface area contributed by atoms with Crippen LogP contribution in [0.2, 0.25) is 5.02 Å². The molecule has 41 heavy (non-hydrogen) atoms. The lowest BCUT2D eigenvalue weighted by Crippen LogP contribution is -2.29. The van der Waals surface area contributed by atoms with Crippen molar-refractivity contribution >= 4 is 50.3 Å². The summed E-state index contributed by atoms with van der Waals surface area (Å²) < 4.78 is 19.4. The first kappa shape index (κ1) is 30.7. The smallest absolute Gasteiger partial charge is 0.308 e. The minimum absolute atomic E-state index is 0.0849. The summed E-state index contributed by atoms with van der Waals surface area (Å²) in [4.78, 5) is 30.9. The highest BCUT2D eigenvalue weighted by molar-refractivity contribution is 9.10. The van der Waals surface area contributed by atoms with E-state index in [1.807, 2.05) is 86.6 Å². The largest absolute Gasteiger partial charge is 0.431 e. The summed E-state index contributed by atoms with van der Waals surface area (Å²) in [6.07, 6.45) is 0.309. The number of alkyl halides is 1. The van der Waals surface area contributed by atoms with Gasteiger partial charge >= 0.3 is 5.97 Å². The molecule has 0 radical (unpaired) electrons. The fourth-order valence-corrected chi connectivity index (χ4v) is 5.61. The first-order valence-corrected chi connectivity index (χ1v) is 15.0. The number of hydrogen-bond donors (Lipinski definition) is 1. The molecule has 0 bridgehead atoms. The summed E-state index contributed by atoms with van der Waals surface area (Å²) in [5.74, 6) is -0.946. The van der Waals surface area contributed by atoms with E-state index in [4.69, 9.17) is 21.3 Å². The van der Waals surface area contributed by atoms with E-state index in [1.54, 1.807) is 0 Å². The Morgan fingerprint density at radius 2 is 1.78 bits per heavy atom. The quantitative estimate of drug-likeness (QED) is 0.157. The zero-order chi connectivity index (χ0) is 29.4. The van der Waals surface area contributed by atoms with Crippen LogP contribution >= 0.6 is 27.5 Å².